The molecule has 2 N–H and O–H groups in total. The molecule has 116 valence electrons. The molecule has 1 aliphatic heterocycles. The van der Waals surface area contributed by atoms with E-state index < -0.39 is 17.5 Å². The van der Waals surface area contributed by atoms with Crippen LogP contribution in [0.2, 0.25) is 0 Å². The van der Waals surface area contributed by atoms with E-state index in [0.717, 1.165) is 25.3 Å². The Hall–Kier alpha value is -1.65. The SMILES string of the molecule is CC(C)C1CCCN(C(=O)c2cc(N)c(F)cc2F)CC1. The van der Waals surface area contributed by atoms with Gasteiger partial charge in [-0.05, 0) is 37.2 Å². The van der Waals surface area contributed by atoms with Gasteiger partial charge in [0.05, 0.1) is 11.3 Å². The standard InChI is InChI=1S/C16H22F2N2O/c1-10(2)11-4-3-6-20(7-5-11)16(21)12-8-15(19)14(18)9-13(12)17/h8-11H,3-7,19H2,1-2H3. The lowest BCUT2D eigenvalue weighted by atomic mass is 9.89. The molecule has 1 amide bonds. The van der Waals surface area contributed by atoms with Gasteiger partial charge in [0, 0.05) is 19.2 Å². The summed E-state index contributed by atoms with van der Waals surface area (Å²) in [5.74, 6) is -0.913. The number of amides is 1. The first kappa shape index (κ1) is 15.7. The van der Waals surface area contributed by atoms with Crippen LogP contribution >= 0.6 is 0 Å². The van der Waals surface area contributed by atoms with Crippen molar-refractivity contribution in [1.82, 2.24) is 4.90 Å². The van der Waals surface area contributed by atoms with Crippen LogP contribution in [0, 0.1) is 23.5 Å². The number of carbonyl (C=O) groups excluding carboxylic acids is 1. The Kier molecular flexibility index (Phi) is 4.80. The molecule has 1 aliphatic rings. The number of nitrogens with two attached hydrogens (primary N) is 1. The second-order valence-electron chi connectivity index (χ2n) is 6.08. The average molecular weight is 296 g/mol. The van der Waals surface area contributed by atoms with Gasteiger partial charge in [0.25, 0.3) is 5.91 Å². The Labute approximate surface area is 124 Å². The Morgan fingerprint density at radius 1 is 1.24 bits per heavy atom. The van der Waals surface area contributed by atoms with E-state index in [1.165, 1.54) is 0 Å². The van der Waals surface area contributed by atoms with Gasteiger partial charge in [0.15, 0.2) is 0 Å². The molecule has 1 aromatic carbocycles. The third kappa shape index (κ3) is 3.52. The maximum Gasteiger partial charge on any atom is 0.256 e. The van der Waals surface area contributed by atoms with Crippen molar-refractivity contribution in [1.29, 1.82) is 0 Å². The van der Waals surface area contributed by atoms with Crippen molar-refractivity contribution in [2.24, 2.45) is 11.8 Å². The normalized spacial score (nSPS) is 19.7. The summed E-state index contributed by atoms with van der Waals surface area (Å²) in [5.41, 5.74) is 5.10. The average Bonchev–Trinajstić information content (AvgIpc) is 2.68. The summed E-state index contributed by atoms with van der Waals surface area (Å²) in [7, 11) is 0. The van der Waals surface area contributed by atoms with Crippen molar-refractivity contribution in [3.63, 3.8) is 0 Å². The molecule has 0 bridgehead atoms. The molecule has 21 heavy (non-hydrogen) atoms. The first-order chi connectivity index (χ1) is 9.90. The second kappa shape index (κ2) is 6.41. The highest BCUT2D eigenvalue weighted by molar-refractivity contribution is 5.95. The van der Waals surface area contributed by atoms with Gasteiger partial charge in [-0.1, -0.05) is 13.8 Å². The van der Waals surface area contributed by atoms with Crippen LogP contribution in [0.1, 0.15) is 43.5 Å². The lowest BCUT2D eigenvalue weighted by Crippen LogP contribution is -2.33. The van der Waals surface area contributed by atoms with E-state index in [0.29, 0.717) is 31.0 Å². The Balaban J connectivity index is 2.15. The maximum absolute atomic E-state index is 13.8. The quantitative estimate of drug-likeness (QED) is 0.850. The summed E-state index contributed by atoms with van der Waals surface area (Å²) in [5, 5.41) is 0. The van der Waals surface area contributed by atoms with E-state index >= 15 is 0 Å². The fraction of sp³-hybridized carbons (Fsp3) is 0.562. The molecule has 1 heterocycles. The summed E-state index contributed by atoms with van der Waals surface area (Å²) in [6.07, 6.45) is 2.91. The Bertz CT molecular complexity index is 531. The van der Waals surface area contributed by atoms with Gasteiger partial charge >= 0.3 is 0 Å². The van der Waals surface area contributed by atoms with Crippen LogP contribution in [-0.2, 0) is 0 Å². The van der Waals surface area contributed by atoms with Crippen molar-refractivity contribution in [2.75, 3.05) is 18.8 Å². The van der Waals surface area contributed by atoms with Crippen molar-refractivity contribution < 1.29 is 13.6 Å². The van der Waals surface area contributed by atoms with Gasteiger partial charge in [-0.3, -0.25) is 4.79 Å². The second-order valence-corrected chi connectivity index (χ2v) is 6.08. The number of carbonyl (C=O) groups is 1. The number of benzene rings is 1. The predicted molar refractivity (Wildman–Crippen MR) is 78.9 cm³/mol. The summed E-state index contributed by atoms with van der Waals surface area (Å²) in [6, 6.07) is 1.77. The minimum absolute atomic E-state index is 0.142. The first-order valence-electron chi connectivity index (χ1n) is 7.44. The maximum atomic E-state index is 13.8. The number of hydrogen-bond donors (Lipinski definition) is 1. The largest absolute Gasteiger partial charge is 0.396 e. The van der Waals surface area contributed by atoms with E-state index in [1.807, 2.05) is 0 Å². The minimum Gasteiger partial charge on any atom is -0.396 e. The number of likely N-dealkylation sites (tertiary alicyclic amines) is 1. The van der Waals surface area contributed by atoms with Crippen LogP contribution in [-0.4, -0.2) is 23.9 Å². The van der Waals surface area contributed by atoms with Gasteiger partial charge in [0.2, 0.25) is 0 Å². The van der Waals surface area contributed by atoms with Crippen LogP contribution < -0.4 is 5.73 Å². The number of nitrogen functional groups attached to an aromatic ring is 1. The number of hydrogen-bond acceptors (Lipinski definition) is 2. The molecule has 0 aromatic heterocycles. The van der Waals surface area contributed by atoms with Crippen LogP contribution in [0.15, 0.2) is 12.1 Å². The zero-order valence-corrected chi connectivity index (χ0v) is 12.5. The van der Waals surface area contributed by atoms with Crippen molar-refractivity contribution >= 4 is 11.6 Å². The first-order valence-corrected chi connectivity index (χ1v) is 7.44. The number of rotatable bonds is 2. The molecular formula is C16H22F2N2O. The van der Waals surface area contributed by atoms with E-state index in [9.17, 15) is 13.6 Å². The molecule has 1 atom stereocenters. The smallest absolute Gasteiger partial charge is 0.256 e. The third-order valence-corrected chi connectivity index (χ3v) is 4.32. The zero-order chi connectivity index (χ0) is 15.6. The summed E-state index contributed by atoms with van der Waals surface area (Å²) in [4.78, 5) is 14.1. The molecule has 0 saturated carbocycles. The molecular weight excluding hydrogens is 274 g/mol. The molecule has 1 aromatic rings. The molecule has 0 radical (unpaired) electrons. The molecule has 3 nitrogen and oxygen atoms in total. The highest BCUT2D eigenvalue weighted by Crippen LogP contribution is 2.26. The van der Waals surface area contributed by atoms with Gasteiger partial charge < -0.3 is 10.6 Å². The van der Waals surface area contributed by atoms with E-state index in [2.05, 4.69) is 13.8 Å². The Morgan fingerprint density at radius 2 is 1.95 bits per heavy atom. The van der Waals surface area contributed by atoms with Crippen molar-refractivity contribution in [2.45, 2.75) is 33.1 Å². The summed E-state index contributed by atoms with van der Waals surface area (Å²) in [6.45, 7) is 5.59. The van der Waals surface area contributed by atoms with Crippen LogP contribution in [0.4, 0.5) is 14.5 Å². The van der Waals surface area contributed by atoms with Gasteiger partial charge in [-0.15, -0.1) is 0 Å². The van der Waals surface area contributed by atoms with Gasteiger partial charge in [-0.25, -0.2) is 8.78 Å². The third-order valence-electron chi connectivity index (χ3n) is 4.32. The summed E-state index contributed by atoms with van der Waals surface area (Å²) < 4.78 is 27.0. The lowest BCUT2D eigenvalue weighted by molar-refractivity contribution is 0.0754. The number of nitrogens with zero attached hydrogens (tertiary/aromatic N) is 1. The van der Waals surface area contributed by atoms with Crippen molar-refractivity contribution in [3.8, 4) is 0 Å². The van der Waals surface area contributed by atoms with E-state index in [1.54, 1.807) is 4.90 Å². The monoisotopic (exact) mass is 296 g/mol. The molecule has 2 rings (SSSR count). The highest BCUT2D eigenvalue weighted by Gasteiger charge is 2.25. The Morgan fingerprint density at radius 3 is 2.62 bits per heavy atom. The molecule has 1 saturated heterocycles. The molecule has 5 heteroatoms. The van der Waals surface area contributed by atoms with Crippen molar-refractivity contribution in [3.05, 3.63) is 29.3 Å². The summed E-state index contributed by atoms with van der Waals surface area (Å²) >= 11 is 0. The molecule has 0 aliphatic carbocycles. The van der Waals surface area contributed by atoms with Crippen LogP contribution in [0.25, 0.3) is 0 Å². The topological polar surface area (TPSA) is 46.3 Å². The molecule has 0 spiro atoms. The number of anilines is 1. The predicted octanol–water partition coefficient (Wildman–Crippen LogP) is 3.45. The van der Waals surface area contributed by atoms with Gasteiger partial charge in [-0.2, -0.15) is 0 Å². The highest BCUT2D eigenvalue weighted by atomic mass is 19.1. The van der Waals surface area contributed by atoms with Crippen LogP contribution in [0.3, 0.4) is 0 Å². The van der Waals surface area contributed by atoms with Crippen LogP contribution in [0.5, 0.6) is 0 Å². The number of halogens is 2. The van der Waals surface area contributed by atoms with Gasteiger partial charge in [0.1, 0.15) is 11.6 Å². The fourth-order valence-electron chi connectivity index (χ4n) is 2.89. The lowest BCUT2D eigenvalue weighted by Gasteiger charge is -2.22. The minimum atomic E-state index is -0.851. The van der Waals surface area contributed by atoms with E-state index in [4.69, 9.17) is 5.73 Å². The van der Waals surface area contributed by atoms with E-state index in [-0.39, 0.29) is 11.3 Å². The molecule has 1 unspecified atom stereocenters. The fourth-order valence-corrected chi connectivity index (χ4v) is 2.89. The zero-order valence-electron chi connectivity index (χ0n) is 12.5. The molecule has 1 fully saturated rings.